The quantitative estimate of drug-likeness (QED) is 0.644. The number of piperidine rings is 1. The number of para-hydroxylation sites is 2. The van der Waals surface area contributed by atoms with Crippen LogP contribution in [0, 0.1) is 23.2 Å². The third-order valence-electron chi connectivity index (χ3n) is 6.07. The third kappa shape index (κ3) is 4.57. The van der Waals surface area contributed by atoms with Crippen LogP contribution in [-0.2, 0) is 4.79 Å². The molecule has 3 aromatic rings. The first kappa shape index (κ1) is 21.8. The van der Waals surface area contributed by atoms with E-state index in [1.54, 1.807) is 0 Å². The van der Waals surface area contributed by atoms with Gasteiger partial charge in [0.2, 0.25) is 5.91 Å². The molecule has 2 aromatic carbocycles. The minimum absolute atomic E-state index is 0.216. The molecule has 0 bridgehead atoms. The smallest absolute Gasteiger partial charge is 0.244 e. The lowest BCUT2D eigenvalue weighted by Crippen LogP contribution is -2.41. The molecule has 32 heavy (non-hydrogen) atoms. The lowest BCUT2D eigenvalue weighted by Gasteiger charge is -2.36. The monoisotopic (exact) mass is 427 g/mol. The SMILES string of the molecule is C[C@@H]1C[C@H](C)CN(c2nc3ccccc3nc2[C@H](C#N)C(=O)N[C@@H](C)c2ccccc2)C1. The molecule has 2 heterocycles. The molecule has 0 spiro atoms. The Morgan fingerprint density at radius 1 is 1.03 bits per heavy atom. The van der Waals surface area contributed by atoms with Crippen LogP contribution >= 0.6 is 0 Å². The number of anilines is 1. The second-order valence-electron chi connectivity index (χ2n) is 8.98. The Kier molecular flexibility index (Phi) is 6.36. The van der Waals surface area contributed by atoms with E-state index >= 15 is 0 Å². The number of nitrogens with zero attached hydrogens (tertiary/aromatic N) is 4. The van der Waals surface area contributed by atoms with Gasteiger partial charge in [0.15, 0.2) is 11.7 Å². The van der Waals surface area contributed by atoms with E-state index < -0.39 is 5.92 Å². The van der Waals surface area contributed by atoms with Gasteiger partial charge in [0.25, 0.3) is 0 Å². The summed E-state index contributed by atoms with van der Waals surface area (Å²) in [5.41, 5.74) is 2.88. The first-order valence-electron chi connectivity index (χ1n) is 11.2. The molecule has 0 radical (unpaired) electrons. The number of carbonyl (C=O) groups excluding carboxylic acids is 1. The topological polar surface area (TPSA) is 81.9 Å². The molecule has 1 aliphatic heterocycles. The molecule has 1 amide bonds. The van der Waals surface area contributed by atoms with E-state index in [0.717, 1.165) is 30.6 Å². The minimum Gasteiger partial charge on any atom is -0.355 e. The molecule has 0 saturated carbocycles. The molecule has 1 saturated heterocycles. The summed E-state index contributed by atoms with van der Waals surface area (Å²) in [7, 11) is 0. The van der Waals surface area contributed by atoms with E-state index in [1.165, 1.54) is 0 Å². The van der Waals surface area contributed by atoms with Gasteiger partial charge in [0.05, 0.1) is 23.1 Å². The standard InChI is InChI=1S/C26H29N5O/c1-17-13-18(2)16-31(15-17)25-24(29-22-11-7-8-12-23(22)30-25)21(14-27)26(32)28-19(3)20-9-5-4-6-10-20/h4-12,17-19,21H,13,15-16H2,1-3H3,(H,28,32)/t17-,18+,19-,21-/m0/s1. The average molecular weight is 428 g/mol. The number of hydrogen-bond donors (Lipinski definition) is 1. The Balaban J connectivity index is 1.71. The molecule has 1 N–H and O–H groups in total. The molecule has 1 aromatic heterocycles. The molecule has 1 aliphatic rings. The van der Waals surface area contributed by atoms with Gasteiger partial charge >= 0.3 is 0 Å². The van der Waals surface area contributed by atoms with Crippen LogP contribution in [0.2, 0.25) is 0 Å². The lowest BCUT2D eigenvalue weighted by molar-refractivity contribution is -0.122. The number of benzene rings is 2. The van der Waals surface area contributed by atoms with Crippen LogP contribution in [0.15, 0.2) is 54.6 Å². The van der Waals surface area contributed by atoms with Crippen molar-refractivity contribution in [3.05, 3.63) is 65.9 Å². The number of amides is 1. The summed E-state index contributed by atoms with van der Waals surface area (Å²) in [4.78, 5) is 25.1. The zero-order valence-electron chi connectivity index (χ0n) is 18.8. The Morgan fingerprint density at radius 2 is 1.62 bits per heavy atom. The summed E-state index contributed by atoms with van der Waals surface area (Å²) in [6, 6.07) is 19.3. The van der Waals surface area contributed by atoms with Crippen LogP contribution in [0.25, 0.3) is 11.0 Å². The highest BCUT2D eigenvalue weighted by atomic mass is 16.2. The second-order valence-corrected chi connectivity index (χ2v) is 8.98. The van der Waals surface area contributed by atoms with Gasteiger partial charge in [-0.1, -0.05) is 56.3 Å². The number of fused-ring (bicyclic) bond motifs is 1. The maximum absolute atomic E-state index is 13.2. The van der Waals surface area contributed by atoms with Crippen molar-refractivity contribution in [2.45, 2.75) is 39.2 Å². The number of nitrogens with one attached hydrogen (secondary N) is 1. The average Bonchev–Trinajstić information content (AvgIpc) is 2.79. The van der Waals surface area contributed by atoms with E-state index in [0.29, 0.717) is 28.9 Å². The normalized spacial score (nSPS) is 20.4. The fourth-order valence-corrected chi connectivity index (χ4v) is 4.63. The van der Waals surface area contributed by atoms with Crippen molar-refractivity contribution in [2.75, 3.05) is 18.0 Å². The van der Waals surface area contributed by atoms with Crippen molar-refractivity contribution in [1.82, 2.24) is 15.3 Å². The van der Waals surface area contributed by atoms with Gasteiger partial charge in [-0.25, -0.2) is 9.97 Å². The first-order valence-corrected chi connectivity index (χ1v) is 11.2. The largest absolute Gasteiger partial charge is 0.355 e. The summed E-state index contributed by atoms with van der Waals surface area (Å²) in [5.74, 6) is 0.268. The Bertz CT molecular complexity index is 1130. The van der Waals surface area contributed by atoms with Crippen LogP contribution in [0.1, 0.15) is 50.4 Å². The van der Waals surface area contributed by atoms with Gasteiger partial charge in [0.1, 0.15) is 5.69 Å². The van der Waals surface area contributed by atoms with Crippen LogP contribution in [0.5, 0.6) is 0 Å². The summed E-state index contributed by atoms with van der Waals surface area (Å²) < 4.78 is 0. The number of hydrogen-bond acceptors (Lipinski definition) is 5. The van der Waals surface area contributed by atoms with Gasteiger partial charge in [0, 0.05) is 13.1 Å². The molecular formula is C26H29N5O. The van der Waals surface area contributed by atoms with Crippen molar-refractivity contribution in [3.63, 3.8) is 0 Å². The molecule has 4 atom stereocenters. The minimum atomic E-state index is -1.04. The van der Waals surface area contributed by atoms with E-state index in [2.05, 4.69) is 30.1 Å². The molecule has 6 heteroatoms. The number of rotatable bonds is 5. The van der Waals surface area contributed by atoms with Crippen molar-refractivity contribution in [2.24, 2.45) is 11.8 Å². The van der Waals surface area contributed by atoms with Crippen LogP contribution in [-0.4, -0.2) is 29.0 Å². The highest BCUT2D eigenvalue weighted by Gasteiger charge is 2.32. The van der Waals surface area contributed by atoms with E-state index in [1.807, 2.05) is 61.5 Å². The molecule has 164 valence electrons. The third-order valence-corrected chi connectivity index (χ3v) is 6.07. The fraction of sp³-hybridized carbons (Fsp3) is 0.385. The van der Waals surface area contributed by atoms with Gasteiger partial charge in [-0.3, -0.25) is 4.79 Å². The van der Waals surface area contributed by atoms with Crippen molar-refractivity contribution in [1.29, 1.82) is 5.26 Å². The second kappa shape index (κ2) is 9.35. The molecule has 1 fully saturated rings. The van der Waals surface area contributed by atoms with Crippen LogP contribution in [0.4, 0.5) is 5.82 Å². The number of nitriles is 1. The molecule has 0 unspecified atom stereocenters. The highest BCUT2D eigenvalue weighted by molar-refractivity contribution is 5.89. The number of aromatic nitrogens is 2. The molecule has 0 aliphatic carbocycles. The zero-order chi connectivity index (χ0) is 22.7. The molecule has 4 rings (SSSR count). The Labute approximate surface area is 189 Å². The number of carbonyl (C=O) groups is 1. The van der Waals surface area contributed by atoms with Gasteiger partial charge in [-0.05, 0) is 42.9 Å². The van der Waals surface area contributed by atoms with Gasteiger partial charge in [-0.2, -0.15) is 5.26 Å². The summed E-state index contributed by atoms with van der Waals surface area (Å²) in [6.45, 7) is 8.05. The van der Waals surface area contributed by atoms with E-state index in [-0.39, 0.29) is 11.9 Å². The summed E-state index contributed by atoms with van der Waals surface area (Å²) >= 11 is 0. The van der Waals surface area contributed by atoms with Gasteiger partial charge in [-0.15, -0.1) is 0 Å². The zero-order valence-corrected chi connectivity index (χ0v) is 18.8. The van der Waals surface area contributed by atoms with E-state index in [9.17, 15) is 10.1 Å². The maximum atomic E-state index is 13.2. The van der Waals surface area contributed by atoms with Crippen molar-refractivity contribution >= 4 is 22.8 Å². The van der Waals surface area contributed by atoms with Crippen molar-refractivity contribution < 1.29 is 4.79 Å². The Morgan fingerprint density at radius 3 is 2.25 bits per heavy atom. The summed E-state index contributed by atoms with van der Waals surface area (Å²) in [6.07, 6.45) is 1.16. The lowest BCUT2D eigenvalue weighted by atomic mass is 9.91. The molecule has 6 nitrogen and oxygen atoms in total. The van der Waals surface area contributed by atoms with Gasteiger partial charge < -0.3 is 10.2 Å². The highest BCUT2D eigenvalue weighted by Crippen LogP contribution is 2.32. The predicted octanol–water partition coefficient (Wildman–Crippen LogP) is 4.60. The van der Waals surface area contributed by atoms with Crippen LogP contribution in [0.3, 0.4) is 0 Å². The van der Waals surface area contributed by atoms with Crippen LogP contribution < -0.4 is 10.2 Å². The predicted molar refractivity (Wildman–Crippen MR) is 126 cm³/mol. The summed E-state index contributed by atoms with van der Waals surface area (Å²) in [5, 5.41) is 13.0. The Hall–Kier alpha value is -3.46. The fourth-order valence-electron chi connectivity index (χ4n) is 4.63. The maximum Gasteiger partial charge on any atom is 0.244 e. The van der Waals surface area contributed by atoms with Crippen molar-refractivity contribution in [3.8, 4) is 6.07 Å². The van der Waals surface area contributed by atoms with E-state index in [4.69, 9.17) is 9.97 Å². The molecular weight excluding hydrogens is 398 g/mol. The first-order chi connectivity index (χ1) is 15.5.